The molecule has 6 heteroatoms. The molecule has 2 aromatic rings. The molecule has 2 aromatic carbocycles. The van der Waals surface area contributed by atoms with Gasteiger partial charge in [-0.1, -0.05) is 47.5 Å². The summed E-state index contributed by atoms with van der Waals surface area (Å²) >= 11 is 12.2. The number of nitrogens with one attached hydrogen (secondary N) is 1. The lowest BCUT2D eigenvalue weighted by Gasteiger charge is -2.23. The minimum Gasteiger partial charge on any atom is -0.309 e. The molecular weight excluding hydrogens is 322 g/mol. The van der Waals surface area contributed by atoms with E-state index in [1.165, 1.54) is 12.1 Å². The second-order valence-corrected chi connectivity index (χ2v) is 5.26. The van der Waals surface area contributed by atoms with Gasteiger partial charge in [-0.25, -0.2) is 0 Å². The second kappa shape index (κ2) is 6.26. The maximum Gasteiger partial charge on any atom is 0.416 e. The normalized spacial score (nSPS) is 13.2. The summed E-state index contributed by atoms with van der Waals surface area (Å²) in [5, 5.41) is 3.50. The van der Waals surface area contributed by atoms with Crippen LogP contribution in [0.5, 0.6) is 0 Å². The van der Waals surface area contributed by atoms with E-state index in [1.807, 2.05) is 0 Å². The highest BCUT2D eigenvalue weighted by Crippen LogP contribution is 2.40. The van der Waals surface area contributed by atoms with Crippen molar-refractivity contribution < 1.29 is 13.2 Å². The van der Waals surface area contributed by atoms with Crippen molar-refractivity contribution in [2.24, 2.45) is 0 Å². The average Bonchev–Trinajstić information content (AvgIpc) is 2.42. The summed E-state index contributed by atoms with van der Waals surface area (Å²) in [6.45, 7) is 0. The molecule has 0 bridgehead atoms. The Morgan fingerprint density at radius 1 is 0.952 bits per heavy atom. The third-order valence-electron chi connectivity index (χ3n) is 3.15. The molecule has 0 saturated heterocycles. The van der Waals surface area contributed by atoms with Crippen molar-refractivity contribution in [2.45, 2.75) is 12.2 Å². The van der Waals surface area contributed by atoms with Crippen LogP contribution in [-0.4, -0.2) is 7.05 Å². The predicted octanol–water partition coefficient (Wildman–Crippen LogP) is 5.32. The number of hydrogen-bond acceptors (Lipinski definition) is 1. The summed E-state index contributed by atoms with van der Waals surface area (Å²) in [4.78, 5) is 0. The Morgan fingerprint density at radius 2 is 1.52 bits per heavy atom. The highest BCUT2D eigenvalue weighted by atomic mass is 35.5. The fraction of sp³-hybridized carbons (Fsp3) is 0.200. The zero-order chi connectivity index (χ0) is 15.6. The maximum absolute atomic E-state index is 13.2. The first kappa shape index (κ1) is 16.1. The van der Waals surface area contributed by atoms with Crippen LogP contribution in [0.3, 0.4) is 0 Å². The molecule has 0 aliphatic heterocycles. The van der Waals surface area contributed by atoms with Gasteiger partial charge in [-0.05, 0) is 30.8 Å². The van der Waals surface area contributed by atoms with Gasteiger partial charge in [0.05, 0.1) is 11.6 Å². The molecule has 1 atom stereocenters. The van der Waals surface area contributed by atoms with Crippen molar-refractivity contribution in [1.29, 1.82) is 0 Å². The molecule has 0 fully saturated rings. The molecule has 21 heavy (non-hydrogen) atoms. The van der Waals surface area contributed by atoms with E-state index in [0.29, 0.717) is 15.6 Å². The van der Waals surface area contributed by atoms with E-state index in [2.05, 4.69) is 5.32 Å². The minimum atomic E-state index is -4.45. The molecule has 1 nitrogen and oxygen atoms in total. The predicted molar refractivity (Wildman–Crippen MR) is 78.8 cm³/mol. The van der Waals surface area contributed by atoms with Gasteiger partial charge < -0.3 is 5.32 Å². The molecule has 2 rings (SSSR count). The molecule has 0 spiro atoms. The summed E-state index contributed by atoms with van der Waals surface area (Å²) in [6, 6.07) is 9.48. The largest absolute Gasteiger partial charge is 0.416 e. The van der Waals surface area contributed by atoms with Gasteiger partial charge in [0.2, 0.25) is 0 Å². The van der Waals surface area contributed by atoms with Gasteiger partial charge in [-0.15, -0.1) is 0 Å². The van der Waals surface area contributed by atoms with Gasteiger partial charge in [0, 0.05) is 15.6 Å². The van der Waals surface area contributed by atoms with Crippen LogP contribution in [0, 0.1) is 0 Å². The van der Waals surface area contributed by atoms with Crippen LogP contribution >= 0.6 is 23.2 Å². The first-order valence-corrected chi connectivity index (χ1v) is 6.89. The molecule has 0 aliphatic rings. The van der Waals surface area contributed by atoms with Gasteiger partial charge in [0.25, 0.3) is 0 Å². The van der Waals surface area contributed by atoms with E-state index in [9.17, 15) is 13.2 Å². The fourth-order valence-corrected chi connectivity index (χ4v) is 2.86. The summed E-state index contributed by atoms with van der Waals surface area (Å²) in [7, 11) is 1.57. The van der Waals surface area contributed by atoms with Crippen molar-refractivity contribution in [3.63, 3.8) is 0 Å². The third-order valence-corrected chi connectivity index (χ3v) is 3.81. The molecule has 0 aromatic heterocycles. The smallest absolute Gasteiger partial charge is 0.309 e. The molecule has 1 N–H and O–H groups in total. The van der Waals surface area contributed by atoms with Crippen LogP contribution in [0.25, 0.3) is 0 Å². The number of benzene rings is 2. The molecule has 112 valence electrons. The van der Waals surface area contributed by atoms with Crippen LogP contribution in [0.4, 0.5) is 13.2 Å². The fourth-order valence-electron chi connectivity index (χ4n) is 2.25. The van der Waals surface area contributed by atoms with E-state index in [1.54, 1.807) is 31.3 Å². The highest BCUT2D eigenvalue weighted by molar-refractivity contribution is 6.36. The van der Waals surface area contributed by atoms with Crippen molar-refractivity contribution in [3.05, 3.63) is 69.2 Å². The van der Waals surface area contributed by atoms with Crippen molar-refractivity contribution in [2.75, 3.05) is 7.05 Å². The third kappa shape index (κ3) is 3.34. The van der Waals surface area contributed by atoms with Crippen molar-refractivity contribution in [3.8, 4) is 0 Å². The van der Waals surface area contributed by atoms with E-state index in [0.717, 1.165) is 6.07 Å². The number of halogens is 5. The second-order valence-electron chi connectivity index (χ2n) is 4.44. The highest BCUT2D eigenvalue weighted by Gasteiger charge is 2.35. The Bertz CT molecular complexity index is 621. The quantitative estimate of drug-likeness (QED) is 0.801. The molecule has 1 unspecified atom stereocenters. The van der Waals surface area contributed by atoms with Gasteiger partial charge in [-0.2, -0.15) is 13.2 Å². The summed E-state index contributed by atoms with van der Waals surface area (Å²) in [5.74, 6) is 0. The lowest BCUT2D eigenvalue weighted by Crippen LogP contribution is -2.22. The summed E-state index contributed by atoms with van der Waals surface area (Å²) < 4.78 is 39.5. The van der Waals surface area contributed by atoms with Gasteiger partial charge in [0.15, 0.2) is 0 Å². The van der Waals surface area contributed by atoms with E-state index in [4.69, 9.17) is 23.2 Å². The molecular formula is C15H12Cl2F3N. The molecule has 0 amide bonds. The van der Waals surface area contributed by atoms with Crippen LogP contribution in [0.1, 0.15) is 22.7 Å². The van der Waals surface area contributed by atoms with Gasteiger partial charge in [0.1, 0.15) is 0 Å². The molecule has 0 heterocycles. The number of rotatable bonds is 3. The minimum absolute atomic E-state index is 0.0856. The van der Waals surface area contributed by atoms with Crippen molar-refractivity contribution >= 4 is 23.2 Å². The Balaban J connectivity index is 2.63. The Kier molecular flexibility index (Phi) is 4.81. The Hall–Kier alpha value is -1.23. The van der Waals surface area contributed by atoms with E-state index >= 15 is 0 Å². The lowest BCUT2D eigenvalue weighted by molar-refractivity contribution is -0.138. The maximum atomic E-state index is 13.2. The van der Waals surface area contributed by atoms with Crippen LogP contribution in [0.2, 0.25) is 10.0 Å². The summed E-state index contributed by atoms with van der Waals surface area (Å²) in [6.07, 6.45) is -4.45. The number of hydrogen-bond donors (Lipinski definition) is 1. The monoisotopic (exact) mass is 333 g/mol. The number of alkyl halides is 3. The van der Waals surface area contributed by atoms with E-state index in [-0.39, 0.29) is 5.56 Å². The lowest BCUT2D eigenvalue weighted by atomic mass is 9.94. The first-order valence-electron chi connectivity index (χ1n) is 6.13. The van der Waals surface area contributed by atoms with Crippen LogP contribution in [0.15, 0.2) is 42.5 Å². The van der Waals surface area contributed by atoms with E-state index < -0.39 is 17.8 Å². The van der Waals surface area contributed by atoms with Crippen LogP contribution in [-0.2, 0) is 6.18 Å². The molecule has 0 saturated carbocycles. The van der Waals surface area contributed by atoms with Gasteiger partial charge in [-0.3, -0.25) is 0 Å². The van der Waals surface area contributed by atoms with Crippen molar-refractivity contribution in [1.82, 2.24) is 5.32 Å². The first-order chi connectivity index (χ1) is 9.86. The Labute approximate surface area is 130 Å². The van der Waals surface area contributed by atoms with Crippen LogP contribution < -0.4 is 5.32 Å². The average molecular weight is 334 g/mol. The molecule has 0 radical (unpaired) electrons. The SMILES string of the molecule is CNC(c1ccccc1C(F)(F)F)c1c(Cl)cccc1Cl. The zero-order valence-electron chi connectivity index (χ0n) is 11.0. The Morgan fingerprint density at radius 3 is 2.05 bits per heavy atom. The standard InChI is InChI=1S/C15H12Cl2F3N/c1-21-14(13-11(16)7-4-8-12(13)17)9-5-2-3-6-10(9)15(18,19)20/h2-8,14,21H,1H3. The van der Waals surface area contributed by atoms with Gasteiger partial charge >= 0.3 is 6.18 Å². The topological polar surface area (TPSA) is 12.0 Å². The molecule has 0 aliphatic carbocycles. The zero-order valence-corrected chi connectivity index (χ0v) is 12.5. The summed E-state index contributed by atoms with van der Waals surface area (Å²) in [5.41, 5.74) is -0.192.